The molecule has 1 aliphatic heterocycles. The highest BCUT2D eigenvalue weighted by Crippen LogP contribution is 2.33. The van der Waals surface area contributed by atoms with Gasteiger partial charge in [-0.05, 0) is 56.4 Å². The second-order valence-corrected chi connectivity index (χ2v) is 6.98. The van der Waals surface area contributed by atoms with Gasteiger partial charge < -0.3 is 19.3 Å². The maximum Gasteiger partial charge on any atom is 0.338 e. The van der Waals surface area contributed by atoms with Gasteiger partial charge in [-0.15, -0.1) is 0 Å². The van der Waals surface area contributed by atoms with Gasteiger partial charge in [0.05, 0.1) is 31.5 Å². The molecule has 6 heteroatoms. The van der Waals surface area contributed by atoms with E-state index in [4.69, 9.17) is 14.2 Å². The van der Waals surface area contributed by atoms with E-state index in [1.165, 1.54) is 0 Å². The lowest BCUT2D eigenvalue weighted by molar-refractivity contribution is -0.0566. The summed E-state index contributed by atoms with van der Waals surface area (Å²) < 4.78 is 16.6. The van der Waals surface area contributed by atoms with E-state index in [0.717, 1.165) is 44.7 Å². The van der Waals surface area contributed by atoms with Crippen molar-refractivity contribution in [2.75, 3.05) is 39.5 Å². The third kappa shape index (κ3) is 4.75. The molecule has 1 N–H and O–H groups in total. The van der Waals surface area contributed by atoms with Crippen molar-refractivity contribution in [3.63, 3.8) is 0 Å². The topological polar surface area (TPSA) is 68.2 Å². The van der Waals surface area contributed by atoms with Gasteiger partial charge in [-0.3, -0.25) is 4.90 Å². The van der Waals surface area contributed by atoms with Crippen LogP contribution < -0.4 is 4.74 Å². The monoisotopic (exact) mass is 363 g/mol. The van der Waals surface area contributed by atoms with Gasteiger partial charge in [-0.2, -0.15) is 0 Å². The molecule has 0 amide bonds. The van der Waals surface area contributed by atoms with Crippen LogP contribution in [-0.2, 0) is 9.47 Å². The summed E-state index contributed by atoms with van der Waals surface area (Å²) in [5, 5.41) is 9.40. The van der Waals surface area contributed by atoms with E-state index in [1.807, 2.05) is 0 Å². The number of morpholine rings is 1. The number of benzene rings is 1. The molecule has 1 aliphatic carbocycles. The minimum Gasteiger partial charge on any atom is -0.494 e. The van der Waals surface area contributed by atoms with Crippen molar-refractivity contribution in [3.05, 3.63) is 29.8 Å². The van der Waals surface area contributed by atoms with Crippen molar-refractivity contribution in [3.8, 4) is 5.75 Å². The molecule has 1 saturated heterocycles. The van der Waals surface area contributed by atoms with Gasteiger partial charge in [0.15, 0.2) is 0 Å². The van der Waals surface area contributed by atoms with E-state index in [9.17, 15) is 9.90 Å². The van der Waals surface area contributed by atoms with E-state index in [1.54, 1.807) is 31.2 Å². The maximum atomic E-state index is 11.6. The molecular formula is C20H29NO5. The molecule has 2 fully saturated rings. The molecule has 0 bridgehead atoms. The summed E-state index contributed by atoms with van der Waals surface area (Å²) in [4.78, 5) is 14.1. The van der Waals surface area contributed by atoms with Crippen molar-refractivity contribution in [2.24, 2.45) is 5.92 Å². The van der Waals surface area contributed by atoms with Crippen molar-refractivity contribution in [2.45, 2.75) is 38.3 Å². The SMILES string of the molecule is CCOC(=O)c1ccc(OCCCN2CCO[C@H]3C[C@H](CO)C[C@@H]32)cc1. The standard InChI is InChI=1S/C20H29NO5/c1-2-24-20(23)16-4-6-17(7-5-16)25-10-3-8-21-9-11-26-19-13-15(14-22)12-18(19)21/h4-7,15,18-19,22H,2-3,8-14H2,1H3/t15-,18+,19+/m1/s1. The quantitative estimate of drug-likeness (QED) is 0.564. The third-order valence-corrected chi connectivity index (χ3v) is 5.23. The number of rotatable bonds is 8. The molecule has 144 valence electrons. The molecule has 3 atom stereocenters. The van der Waals surface area contributed by atoms with Gasteiger partial charge in [-0.25, -0.2) is 4.79 Å². The highest BCUT2D eigenvalue weighted by Gasteiger charge is 2.40. The van der Waals surface area contributed by atoms with E-state index in [0.29, 0.717) is 30.7 Å². The first-order chi connectivity index (χ1) is 12.7. The zero-order valence-corrected chi connectivity index (χ0v) is 15.4. The zero-order chi connectivity index (χ0) is 18.4. The predicted octanol–water partition coefficient (Wildman–Crippen LogP) is 2.10. The normalized spacial score (nSPS) is 25.7. The number of carbonyl (C=O) groups is 1. The van der Waals surface area contributed by atoms with Gasteiger partial charge in [0.25, 0.3) is 0 Å². The Morgan fingerprint density at radius 2 is 2.12 bits per heavy atom. The molecule has 0 spiro atoms. The highest BCUT2D eigenvalue weighted by atomic mass is 16.5. The Morgan fingerprint density at radius 1 is 1.31 bits per heavy atom. The largest absolute Gasteiger partial charge is 0.494 e. The molecule has 1 saturated carbocycles. The molecule has 1 heterocycles. The number of hydrogen-bond donors (Lipinski definition) is 1. The van der Waals surface area contributed by atoms with Crippen LogP contribution in [0.3, 0.4) is 0 Å². The minimum atomic E-state index is -0.307. The summed E-state index contributed by atoms with van der Waals surface area (Å²) in [6, 6.07) is 7.50. The summed E-state index contributed by atoms with van der Waals surface area (Å²) in [6.45, 7) is 5.76. The molecule has 6 nitrogen and oxygen atoms in total. The Bertz CT molecular complexity index is 576. The summed E-state index contributed by atoms with van der Waals surface area (Å²) >= 11 is 0. The maximum absolute atomic E-state index is 11.6. The first kappa shape index (κ1) is 19.1. The van der Waals surface area contributed by atoms with Gasteiger partial charge in [0, 0.05) is 25.7 Å². The van der Waals surface area contributed by atoms with Crippen LogP contribution in [-0.4, -0.2) is 67.6 Å². The molecule has 2 aliphatic rings. The lowest BCUT2D eigenvalue weighted by Gasteiger charge is -2.37. The fourth-order valence-electron chi connectivity index (χ4n) is 3.91. The molecule has 0 unspecified atom stereocenters. The Morgan fingerprint density at radius 3 is 2.85 bits per heavy atom. The van der Waals surface area contributed by atoms with Crippen LogP contribution >= 0.6 is 0 Å². The second-order valence-electron chi connectivity index (χ2n) is 6.98. The lowest BCUT2D eigenvalue weighted by Crippen LogP contribution is -2.48. The van der Waals surface area contributed by atoms with E-state index in [2.05, 4.69) is 4.90 Å². The van der Waals surface area contributed by atoms with Gasteiger partial charge in [0.2, 0.25) is 0 Å². The minimum absolute atomic E-state index is 0.259. The molecule has 0 radical (unpaired) electrons. The second kappa shape index (κ2) is 9.35. The molecule has 0 aromatic heterocycles. The van der Waals surface area contributed by atoms with Crippen LogP contribution in [0.2, 0.25) is 0 Å². The number of ether oxygens (including phenoxy) is 3. The van der Waals surface area contributed by atoms with Crippen molar-refractivity contribution >= 4 is 5.97 Å². The van der Waals surface area contributed by atoms with Crippen LogP contribution in [0.25, 0.3) is 0 Å². The third-order valence-electron chi connectivity index (χ3n) is 5.23. The zero-order valence-electron chi connectivity index (χ0n) is 15.4. The van der Waals surface area contributed by atoms with Crippen molar-refractivity contribution < 1.29 is 24.1 Å². The van der Waals surface area contributed by atoms with E-state index >= 15 is 0 Å². The van der Waals surface area contributed by atoms with Crippen LogP contribution in [0.15, 0.2) is 24.3 Å². The first-order valence-electron chi connectivity index (χ1n) is 9.57. The van der Waals surface area contributed by atoms with Crippen LogP contribution in [0.1, 0.15) is 36.5 Å². The lowest BCUT2D eigenvalue weighted by atomic mass is 10.1. The van der Waals surface area contributed by atoms with Crippen molar-refractivity contribution in [1.82, 2.24) is 4.90 Å². The molecular weight excluding hydrogens is 334 g/mol. The Kier molecular flexibility index (Phi) is 6.88. The van der Waals surface area contributed by atoms with E-state index in [-0.39, 0.29) is 18.7 Å². The van der Waals surface area contributed by atoms with Crippen LogP contribution in [0, 0.1) is 5.92 Å². The van der Waals surface area contributed by atoms with Crippen LogP contribution in [0.5, 0.6) is 5.75 Å². The highest BCUT2D eigenvalue weighted by molar-refractivity contribution is 5.89. The number of aliphatic hydroxyl groups is 1. The average Bonchev–Trinajstić information content (AvgIpc) is 3.10. The fraction of sp³-hybridized carbons (Fsp3) is 0.650. The number of hydrogen-bond acceptors (Lipinski definition) is 6. The summed E-state index contributed by atoms with van der Waals surface area (Å²) in [5.74, 6) is 0.831. The van der Waals surface area contributed by atoms with Crippen LogP contribution in [0.4, 0.5) is 0 Å². The smallest absolute Gasteiger partial charge is 0.338 e. The Hall–Kier alpha value is -1.63. The number of nitrogens with zero attached hydrogens (tertiary/aromatic N) is 1. The Balaban J connectivity index is 1.40. The Labute approximate surface area is 155 Å². The molecule has 1 aromatic rings. The summed E-state index contributed by atoms with van der Waals surface area (Å²) in [7, 11) is 0. The number of esters is 1. The molecule has 1 aromatic carbocycles. The van der Waals surface area contributed by atoms with E-state index < -0.39 is 0 Å². The summed E-state index contributed by atoms with van der Waals surface area (Å²) in [6.07, 6.45) is 3.21. The fourth-order valence-corrected chi connectivity index (χ4v) is 3.91. The number of aliphatic hydroxyl groups excluding tert-OH is 1. The molecule has 26 heavy (non-hydrogen) atoms. The average molecular weight is 363 g/mol. The summed E-state index contributed by atoms with van der Waals surface area (Å²) in [5.41, 5.74) is 0.540. The number of carbonyl (C=O) groups excluding carboxylic acids is 1. The van der Waals surface area contributed by atoms with Gasteiger partial charge in [0.1, 0.15) is 5.75 Å². The van der Waals surface area contributed by atoms with Crippen molar-refractivity contribution in [1.29, 1.82) is 0 Å². The molecule has 3 rings (SSSR count). The number of fused-ring (bicyclic) bond motifs is 1. The van der Waals surface area contributed by atoms with Gasteiger partial charge >= 0.3 is 5.97 Å². The first-order valence-corrected chi connectivity index (χ1v) is 9.57. The predicted molar refractivity (Wildman–Crippen MR) is 97.4 cm³/mol. The van der Waals surface area contributed by atoms with Gasteiger partial charge in [-0.1, -0.05) is 0 Å².